The van der Waals surface area contributed by atoms with Gasteiger partial charge >= 0.3 is 5.97 Å². The molecule has 0 spiro atoms. The Bertz CT molecular complexity index is 728. The van der Waals surface area contributed by atoms with Crippen molar-refractivity contribution < 1.29 is 23.5 Å². The predicted octanol–water partition coefficient (Wildman–Crippen LogP) is 4.03. The molecule has 0 unspecified atom stereocenters. The van der Waals surface area contributed by atoms with Gasteiger partial charge in [0, 0.05) is 16.1 Å². The average Bonchev–Trinajstić information content (AvgIpc) is 2.54. The topological polar surface area (TPSA) is 52.6 Å². The van der Waals surface area contributed by atoms with Crippen molar-refractivity contribution in [3.8, 4) is 5.75 Å². The summed E-state index contributed by atoms with van der Waals surface area (Å²) >= 11 is 3.27. The van der Waals surface area contributed by atoms with Crippen LogP contribution in [0.3, 0.4) is 0 Å². The van der Waals surface area contributed by atoms with Crippen molar-refractivity contribution in [3.63, 3.8) is 0 Å². The molecule has 0 N–H and O–H groups in total. The van der Waals surface area contributed by atoms with Crippen LogP contribution in [0.4, 0.5) is 4.39 Å². The Labute approximate surface area is 141 Å². The van der Waals surface area contributed by atoms with Crippen molar-refractivity contribution in [1.29, 1.82) is 0 Å². The van der Waals surface area contributed by atoms with Crippen LogP contribution in [0.25, 0.3) is 0 Å². The number of methoxy groups -OCH3 is 1. The fourth-order valence-electron chi connectivity index (χ4n) is 1.91. The summed E-state index contributed by atoms with van der Waals surface area (Å²) in [5.74, 6) is -1.74. The molecule has 2 aromatic rings. The first-order valence-corrected chi connectivity index (χ1v) is 7.56. The summed E-state index contributed by atoms with van der Waals surface area (Å²) in [6.07, 6.45) is -1.02. The minimum Gasteiger partial charge on any atom is -0.497 e. The van der Waals surface area contributed by atoms with Crippen molar-refractivity contribution >= 4 is 27.7 Å². The molecule has 0 aliphatic carbocycles. The normalized spacial score (nSPS) is 11.7. The molecule has 0 heterocycles. The molecular weight excluding hydrogens is 367 g/mol. The molecule has 4 nitrogen and oxygen atoms in total. The second kappa shape index (κ2) is 7.37. The Morgan fingerprint density at radius 2 is 1.78 bits per heavy atom. The van der Waals surface area contributed by atoms with Crippen LogP contribution in [-0.2, 0) is 4.74 Å². The van der Waals surface area contributed by atoms with E-state index >= 15 is 0 Å². The van der Waals surface area contributed by atoms with Crippen LogP contribution >= 0.6 is 15.9 Å². The van der Waals surface area contributed by atoms with Gasteiger partial charge in [-0.25, -0.2) is 9.18 Å². The third-order valence-corrected chi connectivity index (χ3v) is 3.71. The van der Waals surface area contributed by atoms with Crippen molar-refractivity contribution in [1.82, 2.24) is 0 Å². The monoisotopic (exact) mass is 380 g/mol. The average molecular weight is 381 g/mol. The molecule has 0 amide bonds. The first-order chi connectivity index (χ1) is 10.9. The van der Waals surface area contributed by atoms with Gasteiger partial charge in [-0.3, -0.25) is 4.79 Å². The number of esters is 1. The van der Waals surface area contributed by atoms with E-state index in [0.29, 0.717) is 5.56 Å². The Balaban J connectivity index is 2.10. The summed E-state index contributed by atoms with van der Waals surface area (Å²) < 4.78 is 24.6. The van der Waals surface area contributed by atoms with Gasteiger partial charge in [-0.05, 0) is 31.2 Å². The molecular formula is C17H14BrFO4. The van der Waals surface area contributed by atoms with Crippen molar-refractivity contribution in [3.05, 3.63) is 63.9 Å². The maximum Gasteiger partial charge on any atom is 0.341 e. The molecule has 0 saturated carbocycles. The van der Waals surface area contributed by atoms with Crippen molar-refractivity contribution in [2.45, 2.75) is 13.0 Å². The highest BCUT2D eigenvalue weighted by Crippen LogP contribution is 2.18. The van der Waals surface area contributed by atoms with Crippen LogP contribution in [-0.4, -0.2) is 25.0 Å². The predicted molar refractivity (Wildman–Crippen MR) is 86.3 cm³/mol. The lowest BCUT2D eigenvalue weighted by Gasteiger charge is -2.13. The Morgan fingerprint density at radius 3 is 2.35 bits per heavy atom. The standard InChI is InChI=1S/C17H14BrFO4/c1-10(16(20)11-3-5-12(18)6-4-11)23-17(21)14-8-7-13(22-2)9-15(14)19/h3-10H,1-2H3/t10-/m0/s1. The maximum atomic E-state index is 13.8. The number of rotatable bonds is 5. The van der Waals surface area contributed by atoms with Crippen LogP contribution in [0, 0.1) is 5.82 Å². The van der Waals surface area contributed by atoms with Gasteiger partial charge in [-0.1, -0.05) is 28.1 Å². The first kappa shape index (κ1) is 17.1. The number of ketones is 1. The molecule has 2 rings (SSSR count). The van der Waals surface area contributed by atoms with Crippen LogP contribution in [0.2, 0.25) is 0 Å². The molecule has 0 aromatic heterocycles. The van der Waals surface area contributed by atoms with E-state index in [1.54, 1.807) is 24.3 Å². The molecule has 0 fully saturated rings. The summed E-state index contributed by atoms with van der Waals surface area (Å²) in [4.78, 5) is 24.2. The number of hydrogen-bond acceptors (Lipinski definition) is 4. The molecule has 0 aliphatic heterocycles. The number of ether oxygens (including phenoxy) is 2. The van der Waals surface area contributed by atoms with E-state index in [4.69, 9.17) is 9.47 Å². The van der Waals surface area contributed by atoms with E-state index in [-0.39, 0.29) is 17.1 Å². The second-order valence-electron chi connectivity index (χ2n) is 4.76. The number of Topliss-reactive ketones (excluding diaryl/α,β-unsaturated/α-hetero) is 1. The lowest BCUT2D eigenvalue weighted by atomic mass is 10.1. The van der Waals surface area contributed by atoms with E-state index in [1.807, 2.05) is 0 Å². The summed E-state index contributed by atoms with van der Waals surface area (Å²) in [6.45, 7) is 1.45. The molecule has 2 aromatic carbocycles. The SMILES string of the molecule is COc1ccc(C(=O)O[C@@H](C)C(=O)c2ccc(Br)cc2)c(F)c1. The molecule has 0 bridgehead atoms. The van der Waals surface area contributed by atoms with Crippen LogP contribution in [0.5, 0.6) is 5.75 Å². The van der Waals surface area contributed by atoms with E-state index < -0.39 is 17.9 Å². The van der Waals surface area contributed by atoms with Gasteiger partial charge in [0.2, 0.25) is 5.78 Å². The van der Waals surface area contributed by atoms with Crippen LogP contribution in [0.1, 0.15) is 27.6 Å². The summed E-state index contributed by atoms with van der Waals surface area (Å²) in [5.41, 5.74) is 0.157. The molecule has 23 heavy (non-hydrogen) atoms. The fourth-order valence-corrected chi connectivity index (χ4v) is 2.18. The van der Waals surface area contributed by atoms with E-state index in [1.165, 1.54) is 26.2 Å². The highest BCUT2D eigenvalue weighted by atomic mass is 79.9. The lowest BCUT2D eigenvalue weighted by Crippen LogP contribution is -2.24. The van der Waals surface area contributed by atoms with E-state index in [0.717, 1.165) is 10.5 Å². The van der Waals surface area contributed by atoms with Gasteiger partial charge < -0.3 is 9.47 Å². The largest absolute Gasteiger partial charge is 0.497 e. The molecule has 0 aliphatic rings. The number of halogens is 2. The highest BCUT2D eigenvalue weighted by molar-refractivity contribution is 9.10. The number of carbonyl (C=O) groups excluding carboxylic acids is 2. The van der Waals surface area contributed by atoms with Crippen LogP contribution in [0.15, 0.2) is 46.9 Å². The summed E-state index contributed by atoms with van der Waals surface area (Å²) in [5, 5.41) is 0. The molecule has 0 saturated heterocycles. The zero-order valence-electron chi connectivity index (χ0n) is 12.5. The third-order valence-electron chi connectivity index (χ3n) is 3.18. The van der Waals surface area contributed by atoms with Gasteiger partial charge in [0.15, 0.2) is 6.10 Å². The van der Waals surface area contributed by atoms with Gasteiger partial charge in [0.25, 0.3) is 0 Å². The van der Waals surface area contributed by atoms with Gasteiger partial charge in [0.1, 0.15) is 11.6 Å². The smallest absolute Gasteiger partial charge is 0.341 e. The zero-order valence-corrected chi connectivity index (χ0v) is 14.1. The Morgan fingerprint density at radius 1 is 1.13 bits per heavy atom. The quantitative estimate of drug-likeness (QED) is 0.580. The Hall–Kier alpha value is -2.21. The van der Waals surface area contributed by atoms with Gasteiger partial charge in [-0.15, -0.1) is 0 Å². The van der Waals surface area contributed by atoms with Crippen molar-refractivity contribution in [2.75, 3.05) is 7.11 Å². The van der Waals surface area contributed by atoms with E-state index in [9.17, 15) is 14.0 Å². The third kappa shape index (κ3) is 4.16. The van der Waals surface area contributed by atoms with Gasteiger partial charge in [0.05, 0.1) is 12.7 Å². The first-order valence-electron chi connectivity index (χ1n) is 6.76. The Kier molecular flexibility index (Phi) is 5.50. The van der Waals surface area contributed by atoms with Crippen molar-refractivity contribution in [2.24, 2.45) is 0 Å². The minimum absolute atomic E-state index is 0.249. The maximum absolute atomic E-state index is 13.8. The number of hydrogen-bond donors (Lipinski definition) is 0. The van der Waals surface area contributed by atoms with Gasteiger partial charge in [-0.2, -0.15) is 0 Å². The lowest BCUT2D eigenvalue weighted by molar-refractivity contribution is 0.0314. The number of carbonyl (C=O) groups is 2. The fraction of sp³-hybridized carbons (Fsp3) is 0.176. The molecule has 6 heteroatoms. The van der Waals surface area contributed by atoms with Crippen LogP contribution < -0.4 is 4.74 Å². The number of benzene rings is 2. The second-order valence-corrected chi connectivity index (χ2v) is 5.68. The zero-order chi connectivity index (χ0) is 17.0. The molecule has 120 valence electrons. The highest BCUT2D eigenvalue weighted by Gasteiger charge is 2.22. The summed E-state index contributed by atoms with van der Waals surface area (Å²) in [7, 11) is 1.39. The van der Waals surface area contributed by atoms with E-state index in [2.05, 4.69) is 15.9 Å². The summed E-state index contributed by atoms with van der Waals surface area (Å²) in [6, 6.07) is 10.4. The molecule has 0 radical (unpaired) electrons. The minimum atomic E-state index is -1.02. The molecule has 1 atom stereocenters.